The summed E-state index contributed by atoms with van der Waals surface area (Å²) in [6.07, 6.45) is 5.75. The molecule has 0 aromatic heterocycles. The Labute approximate surface area is 92.8 Å². The van der Waals surface area contributed by atoms with Crippen LogP contribution in [0.5, 0.6) is 0 Å². The zero-order valence-corrected chi connectivity index (χ0v) is 9.80. The van der Waals surface area contributed by atoms with Gasteiger partial charge < -0.3 is 16.8 Å². The molecule has 0 aromatic rings. The van der Waals surface area contributed by atoms with Gasteiger partial charge >= 0.3 is 0 Å². The fraction of sp³-hybridized carbons (Fsp3) is 0.909. The van der Waals surface area contributed by atoms with E-state index in [2.05, 4.69) is 12.2 Å². The third kappa shape index (κ3) is 9.69. The first kappa shape index (κ1) is 14.4. The van der Waals surface area contributed by atoms with Gasteiger partial charge in [0.1, 0.15) is 0 Å². The van der Waals surface area contributed by atoms with Crippen molar-refractivity contribution in [2.45, 2.75) is 51.5 Å². The molecule has 0 bridgehead atoms. The predicted octanol–water partition coefficient (Wildman–Crippen LogP) is 0.749. The van der Waals surface area contributed by atoms with Gasteiger partial charge in [-0.05, 0) is 38.8 Å². The molecule has 15 heavy (non-hydrogen) atoms. The lowest BCUT2D eigenvalue weighted by molar-refractivity contribution is -0.118. The molecule has 0 aliphatic heterocycles. The Hall–Kier alpha value is -0.610. The average Bonchev–Trinajstić information content (AvgIpc) is 2.21. The molecule has 0 rings (SSSR count). The molecule has 5 N–H and O–H groups in total. The molecule has 4 nitrogen and oxygen atoms in total. The number of carbonyl (C=O) groups excluding carboxylic acids is 1. The minimum atomic E-state index is -0.197. The van der Waals surface area contributed by atoms with E-state index in [9.17, 15) is 4.79 Å². The lowest BCUT2D eigenvalue weighted by Gasteiger charge is -2.15. The molecular weight excluding hydrogens is 190 g/mol. The van der Waals surface area contributed by atoms with Gasteiger partial charge in [-0.15, -0.1) is 0 Å². The Morgan fingerprint density at radius 3 is 2.60 bits per heavy atom. The van der Waals surface area contributed by atoms with Crippen molar-refractivity contribution in [3.63, 3.8) is 0 Å². The van der Waals surface area contributed by atoms with Gasteiger partial charge in [0, 0.05) is 12.5 Å². The van der Waals surface area contributed by atoms with E-state index in [0.717, 1.165) is 45.2 Å². The van der Waals surface area contributed by atoms with E-state index < -0.39 is 0 Å². The lowest BCUT2D eigenvalue weighted by Crippen LogP contribution is -2.31. The molecule has 1 atom stereocenters. The highest BCUT2D eigenvalue weighted by Gasteiger charge is 2.02. The molecule has 0 saturated carbocycles. The molecule has 0 radical (unpaired) electrons. The highest BCUT2D eigenvalue weighted by atomic mass is 16.1. The number of carbonyl (C=O) groups is 1. The summed E-state index contributed by atoms with van der Waals surface area (Å²) in [7, 11) is 0. The van der Waals surface area contributed by atoms with E-state index in [0.29, 0.717) is 12.5 Å². The monoisotopic (exact) mass is 215 g/mol. The summed E-state index contributed by atoms with van der Waals surface area (Å²) < 4.78 is 0. The third-order valence-electron chi connectivity index (χ3n) is 2.54. The quantitative estimate of drug-likeness (QED) is 0.470. The van der Waals surface area contributed by atoms with Gasteiger partial charge in [0.25, 0.3) is 0 Å². The molecule has 0 aliphatic rings. The van der Waals surface area contributed by atoms with Crippen LogP contribution >= 0.6 is 0 Å². The Bertz CT molecular complexity index is 162. The van der Waals surface area contributed by atoms with E-state index in [-0.39, 0.29) is 5.91 Å². The minimum absolute atomic E-state index is 0.197. The first-order valence-electron chi connectivity index (χ1n) is 5.92. The van der Waals surface area contributed by atoms with Crippen LogP contribution in [-0.2, 0) is 4.79 Å². The van der Waals surface area contributed by atoms with Crippen LogP contribution in [0, 0.1) is 0 Å². The first-order chi connectivity index (χ1) is 7.20. The molecule has 0 fully saturated rings. The van der Waals surface area contributed by atoms with Crippen LogP contribution < -0.4 is 16.8 Å². The molecule has 0 aromatic carbocycles. The Morgan fingerprint density at radius 1 is 1.33 bits per heavy atom. The van der Waals surface area contributed by atoms with Crippen molar-refractivity contribution in [2.75, 3.05) is 13.1 Å². The molecule has 1 amide bonds. The number of nitrogens with two attached hydrogens (primary N) is 2. The summed E-state index contributed by atoms with van der Waals surface area (Å²) in [4.78, 5) is 10.5. The maximum atomic E-state index is 10.5. The van der Waals surface area contributed by atoms with Crippen LogP contribution in [0.25, 0.3) is 0 Å². The van der Waals surface area contributed by atoms with Crippen molar-refractivity contribution in [1.29, 1.82) is 0 Å². The number of hydrogen-bond donors (Lipinski definition) is 3. The Balaban J connectivity index is 3.24. The van der Waals surface area contributed by atoms with Crippen LogP contribution in [0.1, 0.15) is 45.4 Å². The Morgan fingerprint density at radius 2 is 2.07 bits per heavy atom. The molecule has 1 unspecified atom stereocenters. The van der Waals surface area contributed by atoms with Crippen molar-refractivity contribution < 1.29 is 4.79 Å². The van der Waals surface area contributed by atoms with Crippen molar-refractivity contribution in [1.82, 2.24) is 5.32 Å². The molecule has 0 saturated heterocycles. The van der Waals surface area contributed by atoms with E-state index in [1.54, 1.807) is 0 Å². The topological polar surface area (TPSA) is 81.1 Å². The second kappa shape index (κ2) is 9.93. The second-order valence-electron chi connectivity index (χ2n) is 3.91. The highest BCUT2D eigenvalue weighted by molar-refractivity contribution is 5.73. The van der Waals surface area contributed by atoms with Gasteiger partial charge in [-0.3, -0.25) is 4.79 Å². The normalized spacial score (nSPS) is 12.7. The van der Waals surface area contributed by atoms with Gasteiger partial charge in [0.2, 0.25) is 5.91 Å². The Kier molecular flexibility index (Phi) is 9.52. The van der Waals surface area contributed by atoms with Crippen LogP contribution in [0.15, 0.2) is 0 Å². The summed E-state index contributed by atoms with van der Waals surface area (Å²) in [5.74, 6) is -0.197. The summed E-state index contributed by atoms with van der Waals surface area (Å²) in [5, 5.41) is 3.46. The zero-order chi connectivity index (χ0) is 11.5. The fourth-order valence-corrected chi connectivity index (χ4v) is 1.56. The zero-order valence-electron chi connectivity index (χ0n) is 9.80. The number of amides is 1. The highest BCUT2D eigenvalue weighted by Crippen LogP contribution is 2.00. The predicted molar refractivity (Wildman–Crippen MR) is 63.4 cm³/mol. The molecule has 90 valence electrons. The largest absolute Gasteiger partial charge is 0.370 e. The third-order valence-corrected chi connectivity index (χ3v) is 2.54. The summed E-state index contributed by atoms with van der Waals surface area (Å²) in [6.45, 7) is 3.92. The smallest absolute Gasteiger partial charge is 0.217 e. The van der Waals surface area contributed by atoms with Crippen LogP contribution in [0.3, 0.4) is 0 Å². The maximum Gasteiger partial charge on any atom is 0.217 e. The van der Waals surface area contributed by atoms with E-state index in [1.807, 2.05) is 0 Å². The molecule has 0 spiro atoms. The van der Waals surface area contributed by atoms with E-state index in [4.69, 9.17) is 11.5 Å². The number of rotatable bonds is 10. The van der Waals surface area contributed by atoms with Crippen molar-refractivity contribution in [3.05, 3.63) is 0 Å². The number of primary amides is 1. The van der Waals surface area contributed by atoms with Crippen LogP contribution in [0.2, 0.25) is 0 Å². The van der Waals surface area contributed by atoms with E-state index in [1.165, 1.54) is 0 Å². The average molecular weight is 215 g/mol. The number of hydrogen-bond acceptors (Lipinski definition) is 3. The molecular formula is C11H25N3O. The van der Waals surface area contributed by atoms with Crippen LogP contribution in [0.4, 0.5) is 0 Å². The van der Waals surface area contributed by atoms with Gasteiger partial charge in [-0.25, -0.2) is 0 Å². The van der Waals surface area contributed by atoms with Crippen molar-refractivity contribution in [2.24, 2.45) is 11.5 Å². The first-order valence-corrected chi connectivity index (χ1v) is 5.92. The van der Waals surface area contributed by atoms with E-state index >= 15 is 0 Å². The SMILES string of the molecule is CCC(CCN)NCCCCCC(N)=O. The maximum absolute atomic E-state index is 10.5. The standard InChI is InChI=1S/C11H25N3O/c1-2-10(7-8-12)14-9-5-3-4-6-11(13)15/h10,14H,2-9,12H2,1H3,(H2,13,15). The van der Waals surface area contributed by atoms with Gasteiger partial charge in [-0.2, -0.15) is 0 Å². The fourth-order valence-electron chi connectivity index (χ4n) is 1.56. The van der Waals surface area contributed by atoms with Crippen LogP contribution in [-0.4, -0.2) is 25.0 Å². The molecule has 0 aliphatic carbocycles. The molecule has 4 heteroatoms. The van der Waals surface area contributed by atoms with Gasteiger partial charge in [-0.1, -0.05) is 13.3 Å². The van der Waals surface area contributed by atoms with Gasteiger partial charge in [0.05, 0.1) is 0 Å². The second-order valence-corrected chi connectivity index (χ2v) is 3.91. The van der Waals surface area contributed by atoms with Crippen molar-refractivity contribution in [3.8, 4) is 0 Å². The number of nitrogens with one attached hydrogen (secondary N) is 1. The number of unbranched alkanes of at least 4 members (excludes halogenated alkanes) is 2. The summed E-state index contributed by atoms with van der Waals surface area (Å²) in [6, 6.07) is 0.547. The van der Waals surface area contributed by atoms with Crippen molar-refractivity contribution >= 4 is 5.91 Å². The summed E-state index contributed by atoms with van der Waals surface area (Å²) >= 11 is 0. The molecule has 0 heterocycles. The van der Waals surface area contributed by atoms with Gasteiger partial charge in [0.15, 0.2) is 0 Å². The minimum Gasteiger partial charge on any atom is -0.370 e. The lowest BCUT2D eigenvalue weighted by atomic mass is 10.1. The summed E-state index contributed by atoms with van der Waals surface area (Å²) in [5.41, 5.74) is 10.5.